The maximum atomic E-state index is 11.5. The van der Waals surface area contributed by atoms with E-state index in [2.05, 4.69) is 5.32 Å². The molecule has 21 heavy (non-hydrogen) atoms. The first-order valence-electron chi connectivity index (χ1n) is 6.77. The minimum absolute atomic E-state index is 0.249. The second-order valence-corrected chi connectivity index (χ2v) is 5.79. The van der Waals surface area contributed by atoms with Crippen LogP contribution in [-0.4, -0.2) is 31.3 Å². The van der Waals surface area contributed by atoms with E-state index in [-0.39, 0.29) is 12.5 Å². The molecule has 0 aromatic heterocycles. The summed E-state index contributed by atoms with van der Waals surface area (Å²) in [6, 6.07) is 7.81. The Kier molecular flexibility index (Phi) is 7.61. The average Bonchev–Trinajstić information content (AvgIpc) is 2.49. The first-order chi connectivity index (χ1) is 10.0. The molecule has 1 aromatic carbocycles. The molecule has 1 rings (SSSR count). The summed E-state index contributed by atoms with van der Waals surface area (Å²) in [7, 11) is 0. The monoisotopic (exact) mass is 307 g/mol. The maximum absolute atomic E-state index is 11.5. The van der Waals surface area contributed by atoms with Crippen LogP contribution in [-0.2, 0) is 14.3 Å². The molecule has 0 aliphatic rings. The van der Waals surface area contributed by atoms with Crippen LogP contribution in [0, 0.1) is 5.92 Å². The minimum Gasteiger partial charge on any atom is -0.452 e. The molecule has 0 saturated carbocycles. The second-order valence-electron chi connectivity index (χ2n) is 4.91. The molecule has 0 aliphatic carbocycles. The predicted octanol–water partition coefficient (Wildman–Crippen LogP) is 2.74. The Morgan fingerprint density at radius 2 is 1.95 bits per heavy atom. The molecule has 0 unspecified atom stereocenters. The maximum Gasteiger partial charge on any atom is 0.331 e. The van der Waals surface area contributed by atoms with Gasteiger partial charge in [0.1, 0.15) is 0 Å². The first-order valence-corrected chi connectivity index (χ1v) is 7.99. The topological polar surface area (TPSA) is 55.4 Å². The number of carbonyl (C=O) groups is 2. The van der Waals surface area contributed by atoms with E-state index in [9.17, 15) is 9.59 Å². The summed E-state index contributed by atoms with van der Waals surface area (Å²) < 4.78 is 4.86. The molecule has 1 N–H and O–H groups in total. The summed E-state index contributed by atoms with van der Waals surface area (Å²) in [6.45, 7) is 4.32. The molecule has 1 aromatic rings. The van der Waals surface area contributed by atoms with Crippen molar-refractivity contribution in [3.05, 3.63) is 35.9 Å². The summed E-state index contributed by atoms with van der Waals surface area (Å²) in [4.78, 5) is 24.0. The largest absolute Gasteiger partial charge is 0.452 e. The van der Waals surface area contributed by atoms with Gasteiger partial charge in [0, 0.05) is 17.5 Å². The lowest BCUT2D eigenvalue weighted by Gasteiger charge is -2.07. The fraction of sp³-hybridized carbons (Fsp3) is 0.375. The summed E-state index contributed by atoms with van der Waals surface area (Å²) in [5.74, 6) is -0.438. The zero-order valence-corrected chi connectivity index (χ0v) is 13.4. The highest BCUT2D eigenvalue weighted by Gasteiger charge is 2.05. The third-order valence-corrected chi connectivity index (χ3v) is 3.32. The van der Waals surface area contributed by atoms with Crippen molar-refractivity contribution in [2.24, 2.45) is 5.92 Å². The Morgan fingerprint density at radius 3 is 2.52 bits per heavy atom. The summed E-state index contributed by atoms with van der Waals surface area (Å²) in [6.07, 6.45) is 4.99. The summed E-state index contributed by atoms with van der Waals surface area (Å²) in [5.41, 5.74) is 0.911. The van der Waals surface area contributed by atoms with Crippen LogP contribution in [0.5, 0.6) is 0 Å². The van der Waals surface area contributed by atoms with Crippen LogP contribution >= 0.6 is 11.8 Å². The van der Waals surface area contributed by atoms with Gasteiger partial charge in [0.15, 0.2) is 6.61 Å². The van der Waals surface area contributed by atoms with Crippen LogP contribution in [0.4, 0.5) is 0 Å². The number of amides is 1. The van der Waals surface area contributed by atoms with Gasteiger partial charge in [-0.1, -0.05) is 26.0 Å². The summed E-state index contributed by atoms with van der Waals surface area (Å²) >= 11 is 1.66. The third kappa shape index (κ3) is 7.56. The van der Waals surface area contributed by atoms with E-state index in [1.165, 1.54) is 6.08 Å². The van der Waals surface area contributed by atoms with Crippen LogP contribution < -0.4 is 5.32 Å². The number of ether oxygens (including phenoxy) is 1. The highest BCUT2D eigenvalue weighted by Crippen LogP contribution is 2.15. The molecule has 0 heterocycles. The number of esters is 1. The van der Waals surface area contributed by atoms with Crippen molar-refractivity contribution in [3.8, 4) is 0 Å². The van der Waals surface area contributed by atoms with Gasteiger partial charge in [0.2, 0.25) is 0 Å². The van der Waals surface area contributed by atoms with Crippen LogP contribution in [0.1, 0.15) is 19.4 Å². The van der Waals surface area contributed by atoms with Gasteiger partial charge < -0.3 is 10.1 Å². The van der Waals surface area contributed by atoms with E-state index in [0.29, 0.717) is 12.5 Å². The number of rotatable bonds is 7. The Labute approximate surface area is 130 Å². The number of nitrogens with one attached hydrogen (secondary N) is 1. The lowest BCUT2D eigenvalue weighted by atomic mass is 10.2. The van der Waals surface area contributed by atoms with Gasteiger partial charge in [0.25, 0.3) is 5.91 Å². The van der Waals surface area contributed by atoms with Gasteiger partial charge in [-0.2, -0.15) is 0 Å². The molecule has 0 radical (unpaired) electrons. The van der Waals surface area contributed by atoms with Crippen LogP contribution in [0.2, 0.25) is 0 Å². The summed E-state index contributed by atoms with van der Waals surface area (Å²) in [5, 5.41) is 2.68. The van der Waals surface area contributed by atoms with Crippen molar-refractivity contribution >= 4 is 29.7 Å². The Morgan fingerprint density at radius 1 is 1.29 bits per heavy atom. The molecule has 0 fully saturated rings. The van der Waals surface area contributed by atoms with Gasteiger partial charge in [-0.25, -0.2) is 4.79 Å². The third-order valence-electron chi connectivity index (χ3n) is 2.58. The quantitative estimate of drug-likeness (QED) is 0.478. The van der Waals surface area contributed by atoms with E-state index in [1.54, 1.807) is 17.8 Å². The molecule has 114 valence electrons. The second kappa shape index (κ2) is 9.23. The average molecular weight is 307 g/mol. The SMILES string of the molecule is CSc1ccc(/C=C/C(=O)OCC(=O)NCC(C)C)cc1. The Bertz CT molecular complexity index is 495. The zero-order valence-electron chi connectivity index (χ0n) is 12.6. The lowest BCUT2D eigenvalue weighted by molar-refractivity contribution is -0.143. The standard InChI is InChI=1S/C16H21NO3S/c1-12(2)10-17-15(18)11-20-16(19)9-6-13-4-7-14(21-3)8-5-13/h4-9,12H,10-11H2,1-3H3,(H,17,18)/b9-6+. The Hall–Kier alpha value is -1.75. The highest BCUT2D eigenvalue weighted by molar-refractivity contribution is 7.98. The molecule has 1 amide bonds. The predicted molar refractivity (Wildman–Crippen MR) is 86.1 cm³/mol. The molecule has 0 saturated heterocycles. The highest BCUT2D eigenvalue weighted by atomic mass is 32.2. The van der Waals surface area contributed by atoms with Crippen molar-refractivity contribution in [2.45, 2.75) is 18.7 Å². The molecular weight excluding hydrogens is 286 g/mol. The molecule has 5 heteroatoms. The normalized spacial score (nSPS) is 10.9. The van der Waals surface area contributed by atoms with Gasteiger partial charge in [-0.15, -0.1) is 11.8 Å². The lowest BCUT2D eigenvalue weighted by Crippen LogP contribution is -2.31. The smallest absolute Gasteiger partial charge is 0.331 e. The molecular formula is C16H21NO3S. The fourth-order valence-electron chi connectivity index (χ4n) is 1.43. The number of thioether (sulfide) groups is 1. The zero-order chi connectivity index (χ0) is 15.7. The van der Waals surface area contributed by atoms with Crippen molar-refractivity contribution < 1.29 is 14.3 Å². The van der Waals surface area contributed by atoms with E-state index in [1.807, 2.05) is 44.4 Å². The van der Waals surface area contributed by atoms with E-state index in [0.717, 1.165) is 10.5 Å². The van der Waals surface area contributed by atoms with Gasteiger partial charge in [-0.05, 0) is 35.9 Å². The fourth-order valence-corrected chi connectivity index (χ4v) is 1.84. The number of benzene rings is 1. The van der Waals surface area contributed by atoms with Crippen LogP contribution in [0.25, 0.3) is 6.08 Å². The number of carbonyl (C=O) groups excluding carboxylic acids is 2. The van der Waals surface area contributed by atoms with E-state index < -0.39 is 5.97 Å². The Balaban J connectivity index is 2.35. The van der Waals surface area contributed by atoms with Gasteiger partial charge >= 0.3 is 5.97 Å². The van der Waals surface area contributed by atoms with Gasteiger partial charge in [0.05, 0.1) is 0 Å². The molecule has 0 spiro atoms. The van der Waals surface area contributed by atoms with E-state index >= 15 is 0 Å². The van der Waals surface area contributed by atoms with E-state index in [4.69, 9.17) is 4.74 Å². The van der Waals surface area contributed by atoms with Crippen molar-refractivity contribution in [2.75, 3.05) is 19.4 Å². The van der Waals surface area contributed by atoms with Crippen molar-refractivity contribution in [1.29, 1.82) is 0 Å². The first kappa shape index (κ1) is 17.3. The molecule has 0 bridgehead atoms. The van der Waals surface area contributed by atoms with Crippen LogP contribution in [0.15, 0.2) is 35.2 Å². The van der Waals surface area contributed by atoms with Crippen molar-refractivity contribution in [1.82, 2.24) is 5.32 Å². The molecule has 0 aliphatic heterocycles. The number of hydrogen-bond acceptors (Lipinski definition) is 4. The van der Waals surface area contributed by atoms with Crippen molar-refractivity contribution in [3.63, 3.8) is 0 Å². The van der Waals surface area contributed by atoms with Crippen LogP contribution in [0.3, 0.4) is 0 Å². The number of hydrogen-bond donors (Lipinski definition) is 1. The molecule has 0 atom stereocenters. The minimum atomic E-state index is -0.524. The molecule has 4 nitrogen and oxygen atoms in total. The van der Waals surface area contributed by atoms with Gasteiger partial charge in [-0.3, -0.25) is 4.79 Å².